The average Bonchev–Trinajstić information content (AvgIpc) is 2.74. The minimum absolute atomic E-state index is 0.0137. The van der Waals surface area contributed by atoms with E-state index in [2.05, 4.69) is 20.6 Å². The van der Waals surface area contributed by atoms with Crippen molar-refractivity contribution in [2.45, 2.75) is 6.92 Å². The van der Waals surface area contributed by atoms with Gasteiger partial charge in [-0.2, -0.15) is 0 Å². The maximum Gasteiger partial charge on any atom is 0.257 e. The van der Waals surface area contributed by atoms with Gasteiger partial charge in [0, 0.05) is 29.0 Å². The number of aromatic nitrogens is 2. The number of rotatable bonds is 5. The average molecular weight is 382 g/mol. The minimum atomic E-state index is -0.272. The monoisotopic (exact) mass is 382 g/mol. The number of carbonyl (C=O) groups is 2. The molecule has 6 heteroatoms. The van der Waals surface area contributed by atoms with E-state index in [1.165, 1.54) is 13.1 Å². The molecule has 0 saturated heterocycles. The number of nitrogens with one attached hydrogen (secondary N) is 2. The number of ketones is 1. The Morgan fingerprint density at radius 3 is 2.45 bits per heavy atom. The topological polar surface area (TPSA) is 84.0 Å². The van der Waals surface area contributed by atoms with Gasteiger partial charge in [0.1, 0.15) is 0 Å². The van der Waals surface area contributed by atoms with Gasteiger partial charge >= 0.3 is 0 Å². The van der Waals surface area contributed by atoms with Crippen LogP contribution < -0.4 is 10.6 Å². The number of carbonyl (C=O) groups excluding carboxylic acids is 2. The second-order valence-corrected chi connectivity index (χ2v) is 6.56. The van der Waals surface area contributed by atoms with Gasteiger partial charge in [0.2, 0.25) is 0 Å². The van der Waals surface area contributed by atoms with Gasteiger partial charge in [-0.25, -0.2) is 0 Å². The summed E-state index contributed by atoms with van der Waals surface area (Å²) in [6.45, 7) is 1.53. The van der Waals surface area contributed by atoms with Crippen LogP contribution in [0.4, 0.5) is 17.1 Å². The van der Waals surface area contributed by atoms with E-state index in [9.17, 15) is 9.59 Å². The molecule has 2 heterocycles. The molecule has 0 bridgehead atoms. The third-order valence-corrected chi connectivity index (χ3v) is 4.46. The molecule has 2 aromatic heterocycles. The van der Waals surface area contributed by atoms with E-state index in [0.29, 0.717) is 22.5 Å². The molecule has 0 aliphatic heterocycles. The maximum atomic E-state index is 12.7. The fraction of sp³-hybridized carbons (Fsp3) is 0.0435. The van der Waals surface area contributed by atoms with Gasteiger partial charge in [0.05, 0.1) is 28.7 Å². The molecule has 0 spiro atoms. The van der Waals surface area contributed by atoms with Gasteiger partial charge in [-0.15, -0.1) is 0 Å². The fourth-order valence-corrected chi connectivity index (χ4v) is 2.99. The lowest BCUT2D eigenvalue weighted by Crippen LogP contribution is -2.13. The number of anilines is 3. The number of amides is 1. The van der Waals surface area contributed by atoms with Gasteiger partial charge in [0.25, 0.3) is 5.91 Å². The molecule has 0 atom stereocenters. The molecule has 142 valence electrons. The number of para-hydroxylation sites is 1. The van der Waals surface area contributed by atoms with Crippen LogP contribution >= 0.6 is 0 Å². The number of pyridine rings is 2. The zero-order valence-corrected chi connectivity index (χ0v) is 15.7. The molecule has 0 aliphatic rings. The van der Waals surface area contributed by atoms with Gasteiger partial charge in [-0.3, -0.25) is 19.6 Å². The Hall–Kier alpha value is -4.06. The summed E-state index contributed by atoms with van der Waals surface area (Å²) in [7, 11) is 0. The van der Waals surface area contributed by atoms with E-state index in [0.717, 1.165) is 16.6 Å². The number of benzene rings is 2. The molecule has 0 radical (unpaired) electrons. The smallest absolute Gasteiger partial charge is 0.257 e. The van der Waals surface area contributed by atoms with Gasteiger partial charge in [-0.1, -0.05) is 18.2 Å². The second kappa shape index (κ2) is 7.90. The van der Waals surface area contributed by atoms with E-state index in [4.69, 9.17) is 0 Å². The summed E-state index contributed by atoms with van der Waals surface area (Å²) in [5, 5.41) is 7.05. The quantitative estimate of drug-likeness (QED) is 0.483. The summed E-state index contributed by atoms with van der Waals surface area (Å²) in [4.78, 5) is 32.6. The summed E-state index contributed by atoms with van der Waals surface area (Å²) < 4.78 is 0. The van der Waals surface area contributed by atoms with E-state index in [1.54, 1.807) is 30.6 Å². The summed E-state index contributed by atoms with van der Waals surface area (Å²) in [6.07, 6.45) is 4.84. The number of hydrogen-bond donors (Lipinski definition) is 2. The van der Waals surface area contributed by atoms with Crippen molar-refractivity contribution in [3.05, 3.63) is 90.4 Å². The molecule has 1 amide bonds. The SMILES string of the molecule is CC(=O)c1ccc(Nc2cncc(C(=O)Nc3cccc4cccnc34)c2)cc1. The van der Waals surface area contributed by atoms with Gasteiger partial charge in [0.15, 0.2) is 5.78 Å². The van der Waals surface area contributed by atoms with Crippen molar-refractivity contribution in [2.75, 3.05) is 10.6 Å². The van der Waals surface area contributed by atoms with Gasteiger partial charge < -0.3 is 10.6 Å². The Kier molecular flexibility index (Phi) is 4.99. The second-order valence-electron chi connectivity index (χ2n) is 6.56. The van der Waals surface area contributed by atoms with E-state index < -0.39 is 0 Å². The lowest BCUT2D eigenvalue weighted by atomic mass is 10.1. The Morgan fingerprint density at radius 1 is 0.862 bits per heavy atom. The van der Waals surface area contributed by atoms with Crippen LogP contribution in [0.25, 0.3) is 10.9 Å². The number of hydrogen-bond acceptors (Lipinski definition) is 5. The highest BCUT2D eigenvalue weighted by Crippen LogP contribution is 2.22. The van der Waals surface area contributed by atoms with Crippen molar-refractivity contribution in [1.82, 2.24) is 9.97 Å². The van der Waals surface area contributed by atoms with E-state index in [1.807, 2.05) is 42.5 Å². The van der Waals surface area contributed by atoms with Crippen molar-refractivity contribution < 1.29 is 9.59 Å². The van der Waals surface area contributed by atoms with E-state index >= 15 is 0 Å². The van der Waals surface area contributed by atoms with Gasteiger partial charge in [-0.05, 0) is 49.4 Å². The molecule has 2 aromatic carbocycles. The first kappa shape index (κ1) is 18.3. The Balaban J connectivity index is 1.53. The lowest BCUT2D eigenvalue weighted by Gasteiger charge is -2.10. The summed E-state index contributed by atoms with van der Waals surface area (Å²) in [5.74, 6) is -0.258. The van der Waals surface area contributed by atoms with Crippen molar-refractivity contribution >= 4 is 39.7 Å². The van der Waals surface area contributed by atoms with Crippen LogP contribution in [0, 0.1) is 0 Å². The Bertz CT molecular complexity index is 1200. The Labute approximate surface area is 167 Å². The molecular weight excluding hydrogens is 364 g/mol. The molecule has 0 unspecified atom stereocenters. The molecular formula is C23H18N4O2. The largest absolute Gasteiger partial charge is 0.354 e. The summed E-state index contributed by atoms with van der Waals surface area (Å²) in [6, 6.07) is 18.3. The number of fused-ring (bicyclic) bond motifs is 1. The predicted octanol–water partition coefficient (Wildman–Crippen LogP) is 4.83. The van der Waals surface area contributed by atoms with Crippen LogP contribution in [0.2, 0.25) is 0 Å². The fourth-order valence-electron chi connectivity index (χ4n) is 2.99. The number of nitrogens with zero attached hydrogens (tertiary/aromatic N) is 2. The van der Waals surface area contributed by atoms with Crippen LogP contribution in [0.3, 0.4) is 0 Å². The van der Waals surface area contributed by atoms with Crippen LogP contribution in [0.1, 0.15) is 27.6 Å². The van der Waals surface area contributed by atoms with Crippen molar-refractivity contribution in [2.24, 2.45) is 0 Å². The molecule has 4 rings (SSSR count). The van der Waals surface area contributed by atoms with Crippen LogP contribution in [0.5, 0.6) is 0 Å². The van der Waals surface area contributed by atoms with Crippen molar-refractivity contribution in [3.63, 3.8) is 0 Å². The highest BCUT2D eigenvalue weighted by Gasteiger charge is 2.10. The zero-order chi connectivity index (χ0) is 20.2. The molecule has 6 nitrogen and oxygen atoms in total. The standard InChI is InChI=1S/C23H18N4O2/c1-15(28)16-7-9-19(10-8-16)26-20-12-18(13-24-14-20)23(29)27-21-6-2-4-17-5-3-11-25-22(17)21/h2-14,26H,1H3,(H,27,29). The number of Topliss-reactive ketones (excluding diaryl/α,β-unsaturated/α-hetero) is 1. The van der Waals surface area contributed by atoms with Crippen LogP contribution in [-0.4, -0.2) is 21.7 Å². The Morgan fingerprint density at radius 2 is 1.66 bits per heavy atom. The van der Waals surface area contributed by atoms with Crippen LogP contribution in [0.15, 0.2) is 79.3 Å². The first-order valence-electron chi connectivity index (χ1n) is 9.08. The first-order valence-corrected chi connectivity index (χ1v) is 9.08. The van der Waals surface area contributed by atoms with E-state index in [-0.39, 0.29) is 11.7 Å². The molecule has 2 N–H and O–H groups in total. The van der Waals surface area contributed by atoms with Crippen molar-refractivity contribution in [3.8, 4) is 0 Å². The molecule has 4 aromatic rings. The predicted molar refractivity (Wildman–Crippen MR) is 114 cm³/mol. The van der Waals surface area contributed by atoms with Crippen molar-refractivity contribution in [1.29, 1.82) is 0 Å². The zero-order valence-electron chi connectivity index (χ0n) is 15.7. The lowest BCUT2D eigenvalue weighted by molar-refractivity contribution is 0.101. The third kappa shape index (κ3) is 4.11. The third-order valence-electron chi connectivity index (χ3n) is 4.46. The maximum absolute atomic E-state index is 12.7. The molecule has 0 saturated carbocycles. The highest BCUT2D eigenvalue weighted by molar-refractivity contribution is 6.08. The summed E-state index contributed by atoms with van der Waals surface area (Å²) in [5.41, 5.74) is 3.91. The normalized spacial score (nSPS) is 10.5. The molecule has 0 aliphatic carbocycles. The highest BCUT2D eigenvalue weighted by atomic mass is 16.1. The van der Waals surface area contributed by atoms with Crippen LogP contribution in [-0.2, 0) is 0 Å². The summed E-state index contributed by atoms with van der Waals surface area (Å²) >= 11 is 0. The molecule has 0 fully saturated rings. The minimum Gasteiger partial charge on any atom is -0.354 e. The molecule has 29 heavy (non-hydrogen) atoms. The first-order chi connectivity index (χ1) is 14.1.